The Balaban J connectivity index is 3.14. The van der Waals surface area contributed by atoms with E-state index in [1.165, 1.54) is 21.1 Å². The van der Waals surface area contributed by atoms with Gasteiger partial charge < -0.3 is 13.9 Å². The van der Waals surface area contributed by atoms with Crippen LogP contribution in [0, 0.1) is 27.2 Å². The van der Waals surface area contributed by atoms with Crippen molar-refractivity contribution in [2.75, 3.05) is 14.2 Å². The maximum Gasteiger partial charge on any atom is 0.415 e. The van der Waals surface area contributed by atoms with Crippen LogP contribution in [0.15, 0.2) is 15.3 Å². The van der Waals surface area contributed by atoms with Crippen molar-refractivity contribution >= 4 is 22.3 Å². The van der Waals surface area contributed by atoms with Crippen molar-refractivity contribution in [2.45, 2.75) is 6.92 Å². The lowest BCUT2D eigenvalue weighted by atomic mass is 10.1. The molecule has 0 spiro atoms. The van der Waals surface area contributed by atoms with Crippen LogP contribution in [0.2, 0.25) is 0 Å². The zero-order valence-corrected chi connectivity index (χ0v) is 11.7. The smallest absolute Gasteiger partial charge is 0.415 e. The fourth-order valence-electron chi connectivity index (χ4n) is 2.18. The number of nitrogens with zero attached hydrogens (tertiary/aromatic N) is 2. The molecule has 0 saturated heterocycles. The zero-order valence-electron chi connectivity index (χ0n) is 11.7. The van der Waals surface area contributed by atoms with Crippen LogP contribution in [0.5, 0.6) is 11.5 Å². The molecule has 22 heavy (non-hydrogen) atoms. The highest BCUT2D eigenvalue weighted by Gasteiger charge is 2.30. The lowest BCUT2D eigenvalue weighted by Gasteiger charge is -2.11. The third-order valence-electron chi connectivity index (χ3n) is 3.10. The fraction of sp³-hybridized carbons (Fsp3) is 0.250. The molecule has 0 atom stereocenters. The first kappa shape index (κ1) is 15.2. The van der Waals surface area contributed by atoms with Gasteiger partial charge in [0.15, 0.2) is 11.3 Å². The molecule has 0 aliphatic heterocycles. The van der Waals surface area contributed by atoms with Gasteiger partial charge in [-0.2, -0.15) is 0 Å². The molecule has 2 rings (SSSR count). The number of nitro groups is 2. The summed E-state index contributed by atoms with van der Waals surface area (Å²) < 4.78 is 14.9. The molecule has 1 aromatic carbocycles. The average Bonchev–Trinajstić information content (AvgIpc) is 2.44. The summed E-state index contributed by atoms with van der Waals surface area (Å²) in [6.07, 6.45) is 0. The van der Waals surface area contributed by atoms with Crippen LogP contribution in [-0.4, -0.2) is 24.1 Å². The molecule has 1 aromatic heterocycles. The number of non-ortho nitro benzene ring substituents is 1. The molecule has 0 aliphatic carbocycles. The van der Waals surface area contributed by atoms with Crippen molar-refractivity contribution in [2.24, 2.45) is 0 Å². The zero-order chi connectivity index (χ0) is 16.6. The standard InChI is InChI=1S/C12H10N2O8/c1-5-8-6(13(16)17)4-7(20-2)10(21-3)11(8)22-12(15)9(5)14(18)19/h4H,1-3H3. The van der Waals surface area contributed by atoms with Gasteiger partial charge in [0.25, 0.3) is 5.69 Å². The number of hydrogen-bond donors (Lipinski definition) is 0. The molecular weight excluding hydrogens is 300 g/mol. The third kappa shape index (κ3) is 2.10. The number of nitro benzene ring substituents is 1. The Hall–Kier alpha value is -3.17. The maximum absolute atomic E-state index is 11.8. The van der Waals surface area contributed by atoms with Gasteiger partial charge in [0.05, 0.1) is 35.7 Å². The topological polar surface area (TPSA) is 135 Å². The quantitative estimate of drug-likeness (QED) is 0.474. The molecule has 0 radical (unpaired) electrons. The molecule has 2 aromatic rings. The van der Waals surface area contributed by atoms with Crippen molar-refractivity contribution in [3.63, 3.8) is 0 Å². The molecule has 0 aliphatic rings. The van der Waals surface area contributed by atoms with E-state index in [9.17, 15) is 25.0 Å². The summed E-state index contributed by atoms with van der Waals surface area (Å²) >= 11 is 0. The summed E-state index contributed by atoms with van der Waals surface area (Å²) in [5.74, 6) is -0.0868. The number of rotatable bonds is 4. The number of aryl methyl sites for hydroxylation is 1. The van der Waals surface area contributed by atoms with Gasteiger partial charge in [-0.15, -0.1) is 0 Å². The molecule has 10 nitrogen and oxygen atoms in total. The minimum absolute atomic E-state index is 0.0295. The summed E-state index contributed by atoms with van der Waals surface area (Å²) in [4.78, 5) is 32.3. The highest BCUT2D eigenvalue weighted by atomic mass is 16.6. The van der Waals surface area contributed by atoms with Crippen LogP contribution in [-0.2, 0) is 0 Å². The minimum Gasteiger partial charge on any atom is -0.492 e. The average molecular weight is 310 g/mol. The Morgan fingerprint density at radius 3 is 2.23 bits per heavy atom. The highest BCUT2D eigenvalue weighted by Crippen LogP contribution is 2.43. The third-order valence-corrected chi connectivity index (χ3v) is 3.10. The van der Waals surface area contributed by atoms with Crippen LogP contribution < -0.4 is 15.1 Å². The van der Waals surface area contributed by atoms with Crippen LogP contribution in [0.1, 0.15) is 5.56 Å². The first-order valence-electron chi connectivity index (χ1n) is 5.84. The molecular formula is C12H10N2O8. The predicted octanol–water partition coefficient (Wildman–Crippen LogP) is 1.94. The Kier molecular flexibility index (Phi) is 3.68. The van der Waals surface area contributed by atoms with Gasteiger partial charge in [0, 0.05) is 0 Å². The van der Waals surface area contributed by atoms with Gasteiger partial charge in [0.2, 0.25) is 5.75 Å². The summed E-state index contributed by atoms with van der Waals surface area (Å²) in [6, 6.07) is 1.05. The molecule has 0 unspecified atom stereocenters. The van der Waals surface area contributed by atoms with Crippen LogP contribution >= 0.6 is 0 Å². The summed E-state index contributed by atoms with van der Waals surface area (Å²) in [5.41, 5.74) is -3.03. The van der Waals surface area contributed by atoms with Crippen molar-refractivity contribution in [3.05, 3.63) is 42.3 Å². The van der Waals surface area contributed by atoms with E-state index in [0.717, 1.165) is 6.07 Å². The lowest BCUT2D eigenvalue weighted by molar-refractivity contribution is -0.388. The number of benzene rings is 1. The predicted molar refractivity (Wildman–Crippen MR) is 73.6 cm³/mol. The summed E-state index contributed by atoms with van der Waals surface area (Å²) in [7, 11) is 2.50. The van der Waals surface area contributed by atoms with Gasteiger partial charge in [-0.05, 0) is 6.92 Å². The van der Waals surface area contributed by atoms with Gasteiger partial charge >= 0.3 is 11.3 Å². The number of hydrogen-bond acceptors (Lipinski definition) is 8. The molecule has 116 valence electrons. The largest absolute Gasteiger partial charge is 0.492 e. The van der Waals surface area contributed by atoms with E-state index < -0.39 is 26.8 Å². The van der Waals surface area contributed by atoms with Crippen molar-refractivity contribution in [3.8, 4) is 11.5 Å². The van der Waals surface area contributed by atoms with Crippen molar-refractivity contribution in [1.29, 1.82) is 0 Å². The second-order valence-corrected chi connectivity index (χ2v) is 4.21. The monoisotopic (exact) mass is 310 g/mol. The molecule has 0 N–H and O–H groups in total. The number of fused-ring (bicyclic) bond motifs is 1. The van der Waals surface area contributed by atoms with E-state index >= 15 is 0 Å². The number of ether oxygens (including phenoxy) is 2. The van der Waals surface area contributed by atoms with Crippen LogP contribution in [0.4, 0.5) is 11.4 Å². The van der Waals surface area contributed by atoms with E-state index in [-0.39, 0.29) is 28.0 Å². The highest BCUT2D eigenvalue weighted by molar-refractivity contribution is 5.97. The molecule has 0 amide bonds. The first-order chi connectivity index (χ1) is 10.3. The molecule has 0 saturated carbocycles. The number of methoxy groups -OCH3 is 2. The van der Waals surface area contributed by atoms with E-state index in [1.807, 2.05) is 0 Å². The molecule has 0 bridgehead atoms. The molecule has 0 fully saturated rings. The lowest BCUT2D eigenvalue weighted by Crippen LogP contribution is -2.10. The Morgan fingerprint density at radius 1 is 1.14 bits per heavy atom. The van der Waals surface area contributed by atoms with Gasteiger partial charge in [-0.1, -0.05) is 0 Å². The SMILES string of the molecule is COc1cc([N+](=O)[O-])c2c(C)c([N+](=O)[O-])c(=O)oc2c1OC. The van der Waals surface area contributed by atoms with E-state index in [2.05, 4.69) is 0 Å². The van der Waals surface area contributed by atoms with Crippen molar-refractivity contribution < 1.29 is 23.7 Å². The summed E-state index contributed by atoms with van der Waals surface area (Å²) in [5, 5.41) is 22.0. The molecule has 10 heteroatoms. The normalized spacial score (nSPS) is 10.5. The second kappa shape index (κ2) is 5.31. The fourth-order valence-corrected chi connectivity index (χ4v) is 2.18. The minimum atomic E-state index is -1.23. The van der Waals surface area contributed by atoms with E-state index in [1.54, 1.807) is 0 Å². The maximum atomic E-state index is 11.8. The van der Waals surface area contributed by atoms with Crippen LogP contribution in [0.25, 0.3) is 11.0 Å². The van der Waals surface area contributed by atoms with E-state index in [0.29, 0.717) is 0 Å². The Morgan fingerprint density at radius 2 is 1.77 bits per heavy atom. The van der Waals surface area contributed by atoms with E-state index in [4.69, 9.17) is 13.9 Å². The van der Waals surface area contributed by atoms with Gasteiger partial charge in [0.1, 0.15) is 5.39 Å². The van der Waals surface area contributed by atoms with Crippen molar-refractivity contribution in [1.82, 2.24) is 0 Å². The molecule has 1 heterocycles. The van der Waals surface area contributed by atoms with Gasteiger partial charge in [-0.3, -0.25) is 20.2 Å². The summed E-state index contributed by atoms with van der Waals surface area (Å²) in [6.45, 7) is 1.23. The second-order valence-electron chi connectivity index (χ2n) is 4.21. The van der Waals surface area contributed by atoms with Gasteiger partial charge in [-0.25, -0.2) is 4.79 Å². The Labute approximate surface area is 122 Å². The first-order valence-corrected chi connectivity index (χ1v) is 5.84. The Bertz CT molecular complexity index is 855. The van der Waals surface area contributed by atoms with Crippen LogP contribution in [0.3, 0.4) is 0 Å².